The number of rotatable bonds is 4. The largest absolute Gasteiger partial charge is 0.481 e. The number of carbonyl (C=O) groups excluding carboxylic acids is 1. The van der Waals surface area contributed by atoms with Crippen LogP contribution in [0.1, 0.15) is 26.7 Å². The van der Waals surface area contributed by atoms with E-state index in [1.165, 1.54) is 4.90 Å². The molecule has 1 unspecified atom stereocenters. The first kappa shape index (κ1) is 14.3. The molecular formula is C11H18N2O5. The van der Waals surface area contributed by atoms with Crippen molar-refractivity contribution >= 4 is 18.0 Å². The maximum absolute atomic E-state index is 11.8. The number of hydrogen-bond donors (Lipinski definition) is 3. The number of carbonyl (C=O) groups is 3. The highest BCUT2D eigenvalue weighted by Gasteiger charge is 2.33. The van der Waals surface area contributed by atoms with Gasteiger partial charge in [-0.1, -0.05) is 13.8 Å². The van der Waals surface area contributed by atoms with Crippen LogP contribution in [0.3, 0.4) is 0 Å². The van der Waals surface area contributed by atoms with Crippen molar-refractivity contribution in [2.24, 2.45) is 5.41 Å². The molecule has 1 atom stereocenters. The minimum Gasteiger partial charge on any atom is -0.481 e. The molecule has 102 valence electrons. The molecule has 18 heavy (non-hydrogen) atoms. The first-order valence-corrected chi connectivity index (χ1v) is 5.71. The minimum atomic E-state index is -1.39. The Hall–Kier alpha value is -1.79. The number of nitrogens with one attached hydrogen (secondary N) is 1. The SMILES string of the molecule is CC1(C)CCN(C(=O)NC(CC(=O)O)C(=O)O)C1. The van der Waals surface area contributed by atoms with Crippen molar-refractivity contribution in [1.82, 2.24) is 10.2 Å². The van der Waals surface area contributed by atoms with E-state index < -0.39 is 30.4 Å². The Bertz CT molecular complexity index is 366. The Balaban J connectivity index is 2.57. The van der Waals surface area contributed by atoms with E-state index in [1.54, 1.807) is 0 Å². The molecule has 0 aliphatic carbocycles. The minimum absolute atomic E-state index is 0.0167. The second kappa shape index (κ2) is 5.24. The number of likely N-dealkylation sites (tertiary alicyclic amines) is 1. The molecule has 1 fully saturated rings. The maximum Gasteiger partial charge on any atom is 0.326 e. The molecule has 0 aromatic carbocycles. The fourth-order valence-electron chi connectivity index (χ4n) is 1.90. The zero-order chi connectivity index (χ0) is 13.9. The van der Waals surface area contributed by atoms with Crippen molar-refractivity contribution in [3.63, 3.8) is 0 Å². The number of urea groups is 1. The molecule has 0 bridgehead atoms. The molecule has 0 aromatic rings. The van der Waals surface area contributed by atoms with E-state index in [4.69, 9.17) is 10.2 Å². The number of nitrogens with zero attached hydrogens (tertiary/aromatic N) is 1. The molecule has 0 saturated carbocycles. The van der Waals surface area contributed by atoms with Crippen molar-refractivity contribution in [1.29, 1.82) is 0 Å². The molecule has 1 aliphatic heterocycles. The van der Waals surface area contributed by atoms with E-state index in [0.717, 1.165) is 6.42 Å². The molecule has 0 spiro atoms. The topological polar surface area (TPSA) is 107 Å². The van der Waals surface area contributed by atoms with Crippen LogP contribution in [0.5, 0.6) is 0 Å². The number of hydrogen-bond acceptors (Lipinski definition) is 3. The smallest absolute Gasteiger partial charge is 0.326 e. The summed E-state index contributed by atoms with van der Waals surface area (Å²) in [5, 5.41) is 19.6. The molecule has 1 rings (SSSR count). The highest BCUT2D eigenvalue weighted by molar-refractivity contribution is 5.86. The summed E-state index contributed by atoms with van der Waals surface area (Å²) in [4.78, 5) is 34.6. The summed E-state index contributed by atoms with van der Waals surface area (Å²) in [6.07, 6.45) is 0.218. The van der Waals surface area contributed by atoms with Gasteiger partial charge in [-0.2, -0.15) is 0 Å². The Kier molecular flexibility index (Phi) is 4.15. The second-order valence-corrected chi connectivity index (χ2v) is 5.27. The lowest BCUT2D eigenvalue weighted by Crippen LogP contribution is -2.48. The predicted molar refractivity (Wildman–Crippen MR) is 62.2 cm³/mol. The lowest BCUT2D eigenvalue weighted by Gasteiger charge is -2.22. The van der Waals surface area contributed by atoms with Crippen LogP contribution in [-0.4, -0.2) is 52.2 Å². The molecule has 0 radical (unpaired) electrons. The maximum atomic E-state index is 11.8. The van der Waals surface area contributed by atoms with Crippen LogP contribution in [0.2, 0.25) is 0 Å². The molecule has 0 aromatic heterocycles. The third-order valence-electron chi connectivity index (χ3n) is 2.94. The molecule has 2 amide bonds. The Labute approximate surface area is 105 Å². The fraction of sp³-hybridized carbons (Fsp3) is 0.727. The number of carboxylic acid groups (broad SMARTS) is 2. The molecular weight excluding hydrogens is 240 g/mol. The van der Waals surface area contributed by atoms with E-state index in [0.29, 0.717) is 13.1 Å². The van der Waals surface area contributed by atoms with Gasteiger partial charge >= 0.3 is 18.0 Å². The summed E-state index contributed by atoms with van der Waals surface area (Å²) >= 11 is 0. The van der Waals surface area contributed by atoms with Gasteiger partial charge in [-0.15, -0.1) is 0 Å². The Morgan fingerprint density at radius 1 is 1.33 bits per heavy atom. The van der Waals surface area contributed by atoms with Crippen LogP contribution < -0.4 is 5.32 Å². The van der Waals surface area contributed by atoms with Crippen molar-refractivity contribution in [3.8, 4) is 0 Å². The van der Waals surface area contributed by atoms with Gasteiger partial charge in [0.25, 0.3) is 0 Å². The molecule has 1 saturated heterocycles. The van der Waals surface area contributed by atoms with Gasteiger partial charge in [0.15, 0.2) is 0 Å². The quantitative estimate of drug-likeness (QED) is 0.674. The summed E-state index contributed by atoms with van der Waals surface area (Å²) in [5.41, 5.74) is 0.0167. The van der Waals surface area contributed by atoms with Gasteiger partial charge in [0.1, 0.15) is 6.04 Å². The van der Waals surface area contributed by atoms with Crippen molar-refractivity contribution in [3.05, 3.63) is 0 Å². The van der Waals surface area contributed by atoms with Crippen molar-refractivity contribution in [2.75, 3.05) is 13.1 Å². The van der Waals surface area contributed by atoms with E-state index in [2.05, 4.69) is 5.32 Å². The lowest BCUT2D eigenvalue weighted by molar-refractivity contribution is -0.145. The average molecular weight is 258 g/mol. The third kappa shape index (κ3) is 3.90. The van der Waals surface area contributed by atoms with Crippen molar-refractivity contribution < 1.29 is 24.6 Å². The number of aliphatic carboxylic acids is 2. The van der Waals surface area contributed by atoms with Gasteiger partial charge in [0.2, 0.25) is 0 Å². The van der Waals surface area contributed by atoms with Crippen LogP contribution in [0.15, 0.2) is 0 Å². The molecule has 3 N–H and O–H groups in total. The van der Waals surface area contributed by atoms with Crippen LogP contribution in [0.4, 0.5) is 4.79 Å². The van der Waals surface area contributed by atoms with Gasteiger partial charge in [-0.3, -0.25) is 4.79 Å². The van der Waals surface area contributed by atoms with Crippen LogP contribution >= 0.6 is 0 Å². The zero-order valence-corrected chi connectivity index (χ0v) is 10.5. The van der Waals surface area contributed by atoms with Crippen LogP contribution in [0, 0.1) is 5.41 Å². The van der Waals surface area contributed by atoms with Gasteiger partial charge in [-0.25, -0.2) is 9.59 Å². The number of carboxylic acids is 2. The number of amides is 2. The van der Waals surface area contributed by atoms with Crippen LogP contribution in [-0.2, 0) is 9.59 Å². The molecule has 7 heteroatoms. The highest BCUT2D eigenvalue weighted by atomic mass is 16.4. The summed E-state index contributed by atoms with van der Waals surface area (Å²) in [7, 11) is 0. The van der Waals surface area contributed by atoms with E-state index in [1.807, 2.05) is 13.8 Å². The first-order valence-electron chi connectivity index (χ1n) is 5.71. The zero-order valence-electron chi connectivity index (χ0n) is 10.5. The summed E-state index contributed by atoms with van der Waals surface area (Å²) < 4.78 is 0. The Morgan fingerprint density at radius 3 is 2.33 bits per heavy atom. The average Bonchev–Trinajstić information content (AvgIpc) is 2.57. The van der Waals surface area contributed by atoms with Gasteiger partial charge in [0, 0.05) is 13.1 Å². The molecule has 1 heterocycles. The lowest BCUT2D eigenvalue weighted by atomic mass is 9.93. The normalized spacial score (nSPS) is 19.3. The first-order chi connectivity index (χ1) is 8.21. The fourth-order valence-corrected chi connectivity index (χ4v) is 1.90. The van der Waals surface area contributed by atoms with E-state index >= 15 is 0 Å². The van der Waals surface area contributed by atoms with Gasteiger partial charge < -0.3 is 20.4 Å². The molecule has 1 aliphatic rings. The predicted octanol–water partition coefficient (Wildman–Crippen LogP) is 0.356. The van der Waals surface area contributed by atoms with Crippen molar-refractivity contribution in [2.45, 2.75) is 32.7 Å². The van der Waals surface area contributed by atoms with E-state index in [-0.39, 0.29) is 5.41 Å². The summed E-state index contributed by atoms with van der Waals surface area (Å²) in [5.74, 6) is -2.60. The summed E-state index contributed by atoms with van der Waals surface area (Å²) in [6.45, 7) is 5.13. The second-order valence-electron chi connectivity index (χ2n) is 5.27. The van der Waals surface area contributed by atoms with Gasteiger partial charge in [0.05, 0.1) is 6.42 Å². The monoisotopic (exact) mass is 258 g/mol. The van der Waals surface area contributed by atoms with Crippen LogP contribution in [0.25, 0.3) is 0 Å². The highest BCUT2D eigenvalue weighted by Crippen LogP contribution is 2.28. The molecule has 7 nitrogen and oxygen atoms in total. The summed E-state index contributed by atoms with van der Waals surface area (Å²) in [6, 6.07) is -1.91. The van der Waals surface area contributed by atoms with E-state index in [9.17, 15) is 14.4 Å². The third-order valence-corrected chi connectivity index (χ3v) is 2.94. The van der Waals surface area contributed by atoms with Gasteiger partial charge in [-0.05, 0) is 11.8 Å². The standard InChI is InChI=1S/C11H18N2O5/c1-11(2)3-4-13(6-11)10(18)12-7(9(16)17)5-8(14)15/h7H,3-6H2,1-2H3,(H,12,18)(H,14,15)(H,16,17). The Morgan fingerprint density at radius 2 is 1.94 bits per heavy atom.